The zero-order valence-corrected chi connectivity index (χ0v) is 8.89. The predicted molar refractivity (Wildman–Crippen MR) is 53.1 cm³/mol. The fraction of sp³-hybridized carbons (Fsp3) is 0.375. The maximum absolute atomic E-state index is 11.2. The van der Waals surface area contributed by atoms with E-state index in [4.69, 9.17) is 9.52 Å². The van der Waals surface area contributed by atoms with Crippen LogP contribution in [0.25, 0.3) is 0 Å². The summed E-state index contributed by atoms with van der Waals surface area (Å²) < 4.78 is 4.83. The minimum Gasteiger partial charge on any atom is -0.481 e. The van der Waals surface area contributed by atoms with Crippen molar-refractivity contribution in [3.8, 4) is 0 Å². The zero-order valence-electron chi connectivity index (χ0n) is 8.89. The molecule has 3 amide bonds. The first-order chi connectivity index (χ1) is 7.97. The zero-order chi connectivity index (χ0) is 12.8. The van der Waals surface area contributed by atoms with Crippen molar-refractivity contribution in [1.29, 1.82) is 0 Å². The summed E-state index contributed by atoms with van der Waals surface area (Å²) in [6.07, 6.45) is -0.635. The number of amides is 3. The van der Waals surface area contributed by atoms with E-state index < -0.39 is 17.9 Å². The number of aryl methyl sites for hydroxylation is 1. The third kappa shape index (κ3) is 4.73. The number of nitrogens with zero attached hydrogens (tertiary/aromatic N) is 2. The van der Waals surface area contributed by atoms with Crippen molar-refractivity contribution < 1.29 is 23.9 Å². The number of imide groups is 1. The van der Waals surface area contributed by atoms with Crippen LogP contribution in [0.2, 0.25) is 0 Å². The molecule has 0 aliphatic rings. The molecule has 1 heterocycles. The number of anilines is 1. The quantitative estimate of drug-likeness (QED) is 0.670. The normalized spacial score (nSPS) is 9.71. The van der Waals surface area contributed by atoms with Crippen LogP contribution in [0.3, 0.4) is 0 Å². The first kappa shape index (κ1) is 12.6. The molecule has 0 radical (unpaired) electrons. The summed E-state index contributed by atoms with van der Waals surface area (Å²) in [6, 6.07) is -1.00. The highest BCUT2D eigenvalue weighted by Gasteiger charge is 2.12. The van der Waals surface area contributed by atoms with Gasteiger partial charge in [0.2, 0.25) is 11.8 Å². The maximum Gasteiger partial charge on any atom is 0.329 e. The molecule has 0 bridgehead atoms. The van der Waals surface area contributed by atoms with E-state index in [1.165, 1.54) is 6.92 Å². The van der Waals surface area contributed by atoms with Crippen molar-refractivity contribution in [3.05, 3.63) is 5.89 Å². The fourth-order valence-corrected chi connectivity index (χ4v) is 0.885. The first-order valence-corrected chi connectivity index (χ1v) is 4.60. The molecule has 0 aromatic carbocycles. The van der Waals surface area contributed by atoms with Crippen LogP contribution in [0.15, 0.2) is 4.42 Å². The summed E-state index contributed by atoms with van der Waals surface area (Å²) in [6.45, 7) is 1.54. The molecule has 9 heteroatoms. The lowest BCUT2D eigenvalue weighted by atomic mass is 10.3. The third-order valence-corrected chi connectivity index (χ3v) is 1.57. The summed E-state index contributed by atoms with van der Waals surface area (Å²) >= 11 is 0. The summed E-state index contributed by atoms with van der Waals surface area (Å²) in [7, 11) is 0. The number of hydrogen-bond acceptors (Lipinski definition) is 6. The Bertz CT molecular complexity index is 441. The van der Waals surface area contributed by atoms with Gasteiger partial charge in [-0.25, -0.2) is 4.79 Å². The summed E-state index contributed by atoms with van der Waals surface area (Å²) in [4.78, 5) is 32.4. The molecule has 1 aromatic heterocycles. The molecule has 0 atom stereocenters. The second-order valence-corrected chi connectivity index (χ2v) is 3.02. The second-order valence-electron chi connectivity index (χ2n) is 3.02. The van der Waals surface area contributed by atoms with Crippen molar-refractivity contribution in [2.45, 2.75) is 19.8 Å². The van der Waals surface area contributed by atoms with Crippen LogP contribution in [-0.2, 0) is 9.59 Å². The van der Waals surface area contributed by atoms with Crippen LogP contribution in [0.1, 0.15) is 18.7 Å². The van der Waals surface area contributed by atoms with Gasteiger partial charge in [-0.05, 0) is 0 Å². The van der Waals surface area contributed by atoms with Gasteiger partial charge in [-0.1, -0.05) is 5.10 Å². The number of carboxylic acid groups (broad SMARTS) is 1. The Kier molecular flexibility index (Phi) is 4.14. The molecular weight excluding hydrogens is 232 g/mol. The molecule has 0 saturated carbocycles. The maximum atomic E-state index is 11.2. The van der Waals surface area contributed by atoms with E-state index in [2.05, 4.69) is 15.5 Å². The van der Waals surface area contributed by atoms with Crippen LogP contribution in [0, 0.1) is 6.92 Å². The molecule has 0 fully saturated rings. The Morgan fingerprint density at radius 3 is 2.53 bits per heavy atom. The summed E-state index contributed by atoms with van der Waals surface area (Å²) in [5.41, 5.74) is 0. The number of carboxylic acids is 1. The van der Waals surface area contributed by atoms with Gasteiger partial charge < -0.3 is 9.52 Å². The minimum atomic E-state index is -1.12. The number of carbonyl (C=O) groups excluding carboxylic acids is 2. The molecule has 3 N–H and O–H groups in total. The van der Waals surface area contributed by atoms with Gasteiger partial charge in [-0.2, -0.15) is 0 Å². The van der Waals surface area contributed by atoms with Gasteiger partial charge >= 0.3 is 18.0 Å². The number of aliphatic carboxylic acids is 1. The lowest BCUT2D eigenvalue weighted by Gasteiger charge is -2.01. The second kappa shape index (κ2) is 5.58. The number of aromatic nitrogens is 2. The highest BCUT2D eigenvalue weighted by atomic mass is 16.4. The van der Waals surface area contributed by atoms with Gasteiger partial charge in [-0.3, -0.25) is 20.2 Å². The Morgan fingerprint density at radius 2 is 2.00 bits per heavy atom. The highest BCUT2D eigenvalue weighted by Crippen LogP contribution is 2.02. The van der Waals surface area contributed by atoms with E-state index in [9.17, 15) is 14.4 Å². The minimum absolute atomic E-state index is 0.147. The molecule has 1 rings (SSSR count). The van der Waals surface area contributed by atoms with E-state index >= 15 is 0 Å². The van der Waals surface area contributed by atoms with Gasteiger partial charge in [-0.15, -0.1) is 5.10 Å². The SMILES string of the molecule is Cc1nnc(NC(=O)NC(=O)CCC(=O)O)o1. The molecule has 0 unspecified atom stereocenters. The smallest absolute Gasteiger partial charge is 0.329 e. The van der Waals surface area contributed by atoms with E-state index in [1.54, 1.807) is 0 Å². The number of carbonyl (C=O) groups is 3. The molecule has 17 heavy (non-hydrogen) atoms. The molecule has 9 nitrogen and oxygen atoms in total. The Balaban J connectivity index is 2.34. The van der Waals surface area contributed by atoms with Gasteiger partial charge in [0.05, 0.1) is 6.42 Å². The van der Waals surface area contributed by atoms with Gasteiger partial charge in [0.25, 0.3) is 0 Å². The van der Waals surface area contributed by atoms with Crippen molar-refractivity contribution in [2.24, 2.45) is 0 Å². The standard InChI is InChI=1S/C8H10N4O5/c1-4-11-12-8(17-4)10-7(16)9-5(13)2-3-6(14)15/h2-3H2,1H3,(H,14,15)(H2,9,10,12,13,16). The van der Waals surface area contributed by atoms with Crippen LogP contribution in [0.5, 0.6) is 0 Å². The van der Waals surface area contributed by atoms with Crippen molar-refractivity contribution in [2.75, 3.05) is 5.32 Å². The molecule has 0 aliphatic heterocycles. The van der Waals surface area contributed by atoms with E-state index in [-0.39, 0.29) is 24.7 Å². The lowest BCUT2D eigenvalue weighted by Crippen LogP contribution is -2.34. The fourth-order valence-electron chi connectivity index (χ4n) is 0.885. The Morgan fingerprint density at radius 1 is 1.29 bits per heavy atom. The average molecular weight is 242 g/mol. The monoisotopic (exact) mass is 242 g/mol. The topological polar surface area (TPSA) is 134 Å². The van der Waals surface area contributed by atoms with Crippen molar-refractivity contribution >= 4 is 23.9 Å². The van der Waals surface area contributed by atoms with Crippen LogP contribution in [-0.4, -0.2) is 33.2 Å². The molecule has 92 valence electrons. The molecular formula is C8H10N4O5. The molecule has 1 aromatic rings. The number of hydrogen-bond donors (Lipinski definition) is 3. The molecule has 0 aliphatic carbocycles. The van der Waals surface area contributed by atoms with Gasteiger partial charge in [0.15, 0.2) is 0 Å². The average Bonchev–Trinajstić information content (AvgIpc) is 2.60. The Hall–Kier alpha value is -2.45. The highest BCUT2D eigenvalue weighted by molar-refractivity contribution is 6.00. The van der Waals surface area contributed by atoms with E-state index in [0.29, 0.717) is 0 Å². The first-order valence-electron chi connectivity index (χ1n) is 4.60. The molecule has 0 spiro atoms. The third-order valence-electron chi connectivity index (χ3n) is 1.57. The summed E-state index contributed by atoms with van der Waals surface area (Å²) in [5.74, 6) is -1.56. The van der Waals surface area contributed by atoms with Crippen LogP contribution < -0.4 is 10.6 Å². The van der Waals surface area contributed by atoms with Crippen LogP contribution >= 0.6 is 0 Å². The van der Waals surface area contributed by atoms with Gasteiger partial charge in [0.1, 0.15) is 0 Å². The number of nitrogens with one attached hydrogen (secondary N) is 2. The van der Waals surface area contributed by atoms with Crippen molar-refractivity contribution in [3.63, 3.8) is 0 Å². The van der Waals surface area contributed by atoms with E-state index in [1.807, 2.05) is 5.32 Å². The Labute approximate surface area is 95.2 Å². The summed E-state index contributed by atoms with van der Waals surface area (Å²) in [5, 5.41) is 19.3. The largest absolute Gasteiger partial charge is 0.481 e. The molecule has 0 saturated heterocycles. The number of urea groups is 1. The lowest BCUT2D eigenvalue weighted by molar-refractivity contribution is -0.138. The number of rotatable bonds is 4. The van der Waals surface area contributed by atoms with E-state index in [0.717, 1.165) is 0 Å². The predicted octanol–water partition coefficient (Wildman–Crippen LogP) is -0.109. The van der Waals surface area contributed by atoms with Crippen LogP contribution in [0.4, 0.5) is 10.8 Å². The van der Waals surface area contributed by atoms with Gasteiger partial charge in [0, 0.05) is 13.3 Å². The van der Waals surface area contributed by atoms with Crippen molar-refractivity contribution in [1.82, 2.24) is 15.5 Å².